The fourth-order valence-electron chi connectivity index (χ4n) is 7.48. The van der Waals surface area contributed by atoms with Gasteiger partial charge >= 0.3 is 0 Å². The van der Waals surface area contributed by atoms with Crippen molar-refractivity contribution in [3.05, 3.63) is 11.6 Å². The van der Waals surface area contributed by atoms with E-state index in [0.717, 1.165) is 25.7 Å². The van der Waals surface area contributed by atoms with E-state index in [-0.39, 0.29) is 16.9 Å². The van der Waals surface area contributed by atoms with E-state index in [1.807, 2.05) is 0 Å². The first-order valence-corrected chi connectivity index (χ1v) is 19.1. The Morgan fingerprint density at radius 2 is 1.47 bits per heavy atom. The summed E-state index contributed by atoms with van der Waals surface area (Å²) in [5.74, 6) is 2.17. The fraction of sp³-hybridized carbons (Fsp3) is 0.880. The minimum Gasteiger partial charge on any atom is -0.414 e. The zero-order valence-electron chi connectivity index (χ0n) is 20.6. The second kappa shape index (κ2) is 7.39. The number of rotatable bonds is 4. The summed E-state index contributed by atoms with van der Waals surface area (Å²) >= 11 is 0. The molecule has 0 radical (unpaired) electrons. The van der Waals surface area contributed by atoms with Gasteiger partial charge in [-0.25, -0.2) is 0 Å². The van der Waals surface area contributed by atoms with Crippen molar-refractivity contribution in [1.82, 2.24) is 0 Å². The number of Topliss-reactive ketones (excluding diaryl/α,β-unsaturated/α-hetero) is 1. The van der Waals surface area contributed by atoms with Crippen LogP contribution in [-0.4, -0.2) is 34.6 Å². The summed E-state index contributed by atoms with van der Waals surface area (Å²) in [5.41, 5.74) is 1.76. The van der Waals surface area contributed by atoms with Crippen LogP contribution in [0.25, 0.3) is 0 Å². The van der Waals surface area contributed by atoms with Gasteiger partial charge in [-0.2, -0.15) is 0 Å². The molecule has 0 saturated heterocycles. The van der Waals surface area contributed by atoms with Crippen molar-refractivity contribution in [2.45, 2.75) is 110 Å². The molecule has 3 saturated carbocycles. The first-order chi connectivity index (χ1) is 13.7. The highest BCUT2D eigenvalue weighted by molar-refractivity contribution is 6.70. The van der Waals surface area contributed by atoms with Crippen LogP contribution in [0, 0.1) is 28.6 Å². The SMILES string of the molecule is C[C@]12CC[C@H](O[Si](C)(C)C)CC1=C[C@@H](O[Si](C)(C)C)C1C2CC[C@]2(C)C(=O)CCC12. The largest absolute Gasteiger partial charge is 0.414 e. The van der Waals surface area contributed by atoms with Gasteiger partial charge in [0.1, 0.15) is 5.78 Å². The lowest BCUT2D eigenvalue weighted by Gasteiger charge is -2.59. The summed E-state index contributed by atoms with van der Waals surface area (Å²) < 4.78 is 13.5. The molecule has 5 heteroatoms. The molecule has 7 atom stereocenters. The molecule has 0 aliphatic heterocycles. The third kappa shape index (κ3) is 3.97. The first kappa shape index (κ1) is 22.9. The molecule has 0 N–H and O–H groups in total. The van der Waals surface area contributed by atoms with Gasteiger partial charge in [0.05, 0.1) is 6.10 Å². The van der Waals surface area contributed by atoms with Gasteiger partial charge in [0.25, 0.3) is 0 Å². The number of carbonyl (C=O) groups excluding carboxylic acids is 1. The van der Waals surface area contributed by atoms with Crippen LogP contribution in [0.3, 0.4) is 0 Å². The highest BCUT2D eigenvalue weighted by Gasteiger charge is 2.61. The van der Waals surface area contributed by atoms with Crippen molar-refractivity contribution in [1.29, 1.82) is 0 Å². The van der Waals surface area contributed by atoms with E-state index in [1.54, 1.807) is 5.57 Å². The summed E-state index contributed by atoms with van der Waals surface area (Å²) in [7, 11) is -3.24. The number of hydrogen-bond donors (Lipinski definition) is 0. The van der Waals surface area contributed by atoms with E-state index < -0.39 is 16.6 Å². The summed E-state index contributed by atoms with van der Waals surface area (Å²) in [6.45, 7) is 18.7. The molecule has 3 fully saturated rings. The van der Waals surface area contributed by atoms with E-state index in [9.17, 15) is 4.79 Å². The van der Waals surface area contributed by atoms with Crippen LogP contribution < -0.4 is 0 Å². The van der Waals surface area contributed by atoms with Crippen LogP contribution in [-0.2, 0) is 13.6 Å². The molecule has 30 heavy (non-hydrogen) atoms. The number of hydrogen-bond acceptors (Lipinski definition) is 3. The zero-order valence-corrected chi connectivity index (χ0v) is 22.6. The standard InChI is InChI=1S/C25H44O3Si2/c1-24-13-11-18(27-29(3,4)5)15-17(24)16-21(28-30(6,7)8)23-19-9-10-22(26)25(19,2)14-12-20(23)24/h16,18-21,23H,9-15H2,1-8H3/t18-,19?,20?,21+,23?,24-,25-/m0/s1. The van der Waals surface area contributed by atoms with E-state index in [2.05, 4.69) is 59.2 Å². The maximum atomic E-state index is 12.9. The molecule has 0 spiro atoms. The average Bonchev–Trinajstić information content (AvgIpc) is 2.89. The smallest absolute Gasteiger partial charge is 0.184 e. The summed E-state index contributed by atoms with van der Waals surface area (Å²) in [5, 5.41) is 0. The molecule has 0 amide bonds. The molecule has 0 aromatic heterocycles. The van der Waals surface area contributed by atoms with Gasteiger partial charge in [0.15, 0.2) is 16.6 Å². The molecule has 0 bridgehead atoms. The Morgan fingerprint density at radius 1 is 0.867 bits per heavy atom. The predicted molar refractivity (Wildman–Crippen MR) is 129 cm³/mol. The molecular formula is C25H44O3Si2. The Bertz CT molecular complexity index is 734. The van der Waals surface area contributed by atoms with Crippen molar-refractivity contribution in [2.24, 2.45) is 28.6 Å². The summed E-state index contributed by atoms with van der Waals surface area (Å²) in [4.78, 5) is 12.9. The third-order valence-corrected chi connectivity index (χ3v) is 10.8. The molecule has 0 aromatic carbocycles. The highest BCUT2D eigenvalue weighted by Crippen LogP contribution is 2.64. The molecular weight excluding hydrogens is 404 g/mol. The lowest BCUT2D eigenvalue weighted by molar-refractivity contribution is -0.135. The van der Waals surface area contributed by atoms with Gasteiger partial charge in [0.2, 0.25) is 0 Å². The Labute approximate surface area is 186 Å². The molecule has 4 aliphatic carbocycles. The Kier molecular flexibility index (Phi) is 5.65. The van der Waals surface area contributed by atoms with Gasteiger partial charge in [-0.05, 0) is 101 Å². The second-order valence-corrected chi connectivity index (χ2v) is 22.0. The van der Waals surface area contributed by atoms with Crippen molar-refractivity contribution in [3.63, 3.8) is 0 Å². The van der Waals surface area contributed by atoms with Gasteiger partial charge in [0, 0.05) is 17.9 Å². The molecule has 4 aliphatic rings. The number of ketones is 1. The number of carbonyl (C=O) groups is 1. The maximum Gasteiger partial charge on any atom is 0.184 e. The third-order valence-electron chi connectivity index (χ3n) is 8.78. The van der Waals surface area contributed by atoms with Gasteiger partial charge in [-0.3, -0.25) is 4.79 Å². The molecule has 3 nitrogen and oxygen atoms in total. The van der Waals surface area contributed by atoms with Crippen LogP contribution in [0.5, 0.6) is 0 Å². The monoisotopic (exact) mass is 448 g/mol. The summed E-state index contributed by atoms with van der Waals surface area (Å²) in [6.07, 6.45) is 10.7. The molecule has 170 valence electrons. The molecule has 3 unspecified atom stereocenters. The predicted octanol–water partition coefficient (Wildman–Crippen LogP) is 6.57. The van der Waals surface area contributed by atoms with Gasteiger partial charge in [-0.15, -0.1) is 0 Å². The van der Waals surface area contributed by atoms with Crippen LogP contribution in [0.4, 0.5) is 0 Å². The Balaban J connectivity index is 1.71. The van der Waals surface area contributed by atoms with E-state index in [0.29, 0.717) is 29.6 Å². The lowest BCUT2D eigenvalue weighted by Crippen LogP contribution is -2.56. The van der Waals surface area contributed by atoms with Crippen LogP contribution in [0.15, 0.2) is 11.6 Å². The molecule has 0 aromatic rings. The van der Waals surface area contributed by atoms with Crippen molar-refractivity contribution < 1.29 is 13.6 Å². The van der Waals surface area contributed by atoms with E-state index in [4.69, 9.17) is 8.85 Å². The van der Waals surface area contributed by atoms with Crippen LogP contribution in [0.2, 0.25) is 39.3 Å². The molecule has 4 rings (SSSR count). The Hall–Kier alpha value is -0.236. The van der Waals surface area contributed by atoms with E-state index in [1.165, 1.54) is 19.3 Å². The van der Waals surface area contributed by atoms with Crippen molar-refractivity contribution in [2.75, 3.05) is 0 Å². The second-order valence-electron chi connectivity index (χ2n) is 13.1. The minimum atomic E-state index is -1.70. The topological polar surface area (TPSA) is 35.5 Å². The van der Waals surface area contributed by atoms with Crippen LogP contribution in [0.1, 0.15) is 58.8 Å². The van der Waals surface area contributed by atoms with Crippen LogP contribution >= 0.6 is 0 Å². The molecule has 0 heterocycles. The minimum absolute atomic E-state index is 0.109. The Morgan fingerprint density at radius 3 is 2.10 bits per heavy atom. The van der Waals surface area contributed by atoms with Crippen molar-refractivity contribution >= 4 is 22.4 Å². The summed E-state index contributed by atoms with van der Waals surface area (Å²) in [6, 6.07) is 0. The van der Waals surface area contributed by atoms with E-state index >= 15 is 0 Å². The van der Waals surface area contributed by atoms with Gasteiger partial charge < -0.3 is 8.85 Å². The maximum absolute atomic E-state index is 12.9. The van der Waals surface area contributed by atoms with Gasteiger partial charge in [-0.1, -0.05) is 25.5 Å². The lowest BCUT2D eigenvalue weighted by atomic mass is 9.47. The van der Waals surface area contributed by atoms with Crippen molar-refractivity contribution in [3.8, 4) is 0 Å². The fourth-order valence-corrected chi connectivity index (χ4v) is 9.73. The normalized spacial score (nSPS) is 44.2. The zero-order chi connectivity index (χ0) is 22.1. The highest BCUT2D eigenvalue weighted by atomic mass is 28.4. The quantitative estimate of drug-likeness (QED) is 0.360. The number of fused-ring (bicyclic) bond motifs is 5. The average molecular weight is 449 g/mol. The first-order valence-electron chi connectivity index (χ1n) is 12.3.